The average molecular weight is 623 g/mol. The summed E-state index contributed by atoms with van der Waals surface area (Å²) in [5, 5.41) is 13.2. The number of anilines is 2. The van der Waals surface area contributed by atoms with Gasteiger partial charge in [-0.3, -0.25) is 0 Å². The molecule has 0 amide bonds. The zero-order chi connectivity index (χ0) is 25.9. The van der Waals surface area contributed by atoms with E-state index in [9.17, 15) is 0 Å². The number of benzene rings is 2. The molecule has 0 aliphatic carbocycles. The molecule has 2 aromatic carbocycles. The van der Waals surface area contributed by atoms with Crippen LogP contribution in [-0.4, -0.2) is 59.2 Å². The van der Waals surface area contributed by atoms with Crippen LogP contribution < -0.4 is 10.2 Å². The molecule has 0 saturated carbocycles. The molecule has 6 rings (SSSR count). The molecule has 1 atom stereocenters. The quantitative estimate of drug-likeness (QED) is 0.219. The van der Waals surface area contributed by atoms with E-state index in [1.165, 1.54) is 32.1 Å². The first kappa shape index (κ1) is 25.4. The first-order chi connectivity index (χ1) is 18.7. The number of nitrogens with one attached hydrogen (secondary N) is 1. The van der Waals surface area contributed by atoms with Gasteiger partial charge in [0.2, 0.25) is 0 Å². The number of rotatable bonds is 6. The van der Waals surface area contributed by atoms with Crippen LogP contribution >= 0.6 is 19.8 Å². The Morgan fingerprint density at radius 2 is 2.05 bits per heavy atom. The summed E-state index contributed by atoms with van der Waals surface area (Å²) in [5.41, 5.74) is 8.06. The maximum absolute atomic E-state index is 5.73. The third kappa shape index (κ3) is 5.47. The van der Waals surface area contributed by atoms with Crippen molar-refractivity contribution < 1.29 is 4.74 Å². The molecule has 0 radical (unpaired) electrons. The van der Waals surface area contributed by atoms with E-state index in [4.69, 9.17) is 9.72 Å². The van der Waals surface area contributed by atoms with E-state index in [0.717, 1.165) is 76.7 Å². The molecule has 2 aliphatic heterocycles. The van der Waals surface area contributed by atoms with Gasteiger partial charge in [0.15, 0.2) is 0 Å². The summed E-state index contributed by atoms with van der Waals surface area (Å²) in [5.74, 6) is 0.990. The molecule has 2 aliphatic rings. The first-order valence-corrected chi connectivity index (χ1v) is 17.8. The number of ether oxygens (including phenoxy) is 1. The van der Waals surface area contributed by atoms with Crippen LogP contribution in [0, 0.1) is 6.92 Å². The van der Waals surface area contributed by atoms with Gasteiger partial charge in [0.05, 0.1) is 5.69 Å². The van der Waals surface area contributed by atoms with Crippen molar-refractivity contribution in [1.82, 2.24) is 20.2 Å². The van der Waals surface area contributed by atoms with Gasteiger partial charge in [-0.1, -0.05) is 0 Å². The van der Waals surface area contributed by atoms with Crippen LogP contribution in [0.2, 0.25) is 0 Å². The number of alkyl halides is 3. The van der Waals surface area contributed by atoms with Crippen molar-refractivity contribution >= 4 is 42.2 Å². The summed E-state index contributed by atoms with van der Waals surface area (Å²) < 4.78 is 9.30. The summed E-state index contributed by atoms with van der Waals surface area (Å²) in [4.78, 5) is 11.8. The van der Waals surface area contributed by atoms with Gasteiger partial charge in [0, 0.05) is 6.20 Å². The minimum atomic E-state index is -0.947. The van der Waals surface area contributed by atoms with Gasteiger partial charge in [0.25, 0.3) is 0 Å². The Kier molecular flexibility index (Phi) is 7.69. The molecule has 38 heavy (non-hydrogen) atoms. The predicted octanol–water partition coefficient (Wildman–Crippen LogP) is 5.69. The number of hydrogen-bond acceptors (Lipinski definition) is 7. The van der Waals surface area contributed by atoms with Crippen LogP contribution in [0.3, 0.4) is 0 Å². The van der Waals surface area contributed by atoms with E-state index in [1.807, 2.05) is 12.1 Å². The fourth-order valence-corrected chi connectivity index (χ4v) is 11.1. The van der Waals surface area contributed by atoms with E-state index in [0.29, 0.717) is 0 Å². The zero-order valence-electron chi connectivity index (χ0n) is 22.2. The Hall–Kier alpha value is -2.85. The van der Waals surface area contributed by atoms with E-state index in [2.05, 4.69) is 69.6 Å². The SMILES string of the molecule is Cc1cc(-c2cccnn2)cc2c(N3CCc4ccc(NCCI5CCOCCC5C)cc4C3)ncnc12. The molecule has 4 aromatic rings. The number of hydrogen-bond donors (Lipinski definition) is 1. The molecule has 198 valence electrons. The molecule has 0 bridgehead atoms. The van der Waals surface area contributed by atoms with Crippen molar-refractivity contribution in [3.05, 3.63) is 71.7 Å². The van der Waals surface area contributed by atoms with Crippen molar-refractivity contribution in [3.63, 3.8) is 0 Å². The van der Waals surface area contributed by atoms with Crippen LogP contribution in [0.1, 0.15) is 30.0 Å². The molecule has 4 heterocycles. The zero-order valence-corrected chi connectivity index (χ0v) is 24.3. The summed E-state index contributed by atoms with van der Waals surface area (Å²) in [7, 11) is 0. The molecule has 1 fully saturated rings. The molecule has 1 unspecified atom stereocenters. The van der Waals surface area contributed by atoms with Crippen LogP contribution in [-0.2, 0) is 17.7 Å². The number of fused-ring (bicyclic) bond motifs is 2. The second-order valence-corrected chi connectivity index (χ2v) is 17.3. The van der Waals surface area contributed by atoms with Crippen LogP contribution in [0.25, 0.3) is 22.2 Å². The summed E-state index contributed by atoms with van der Waals surface area (Å²) in [6, 6.07) is 15.1. The average Bonchev–Trinajstić information content (AvgIpc) is 3.16. The second-order valence-electron chi connectivity index (χ2n) is 10.1. The van der Waals surface area contributed by atoms with E-state index in [-0.39, 0.29) is 0 Å². The fraction of sp³-hybridized carbons (Fsp3) is 0.400. The summed E-state index contributed by atoms with van der Waals surface area (Å²) >= 11 is -0.947. The van der Waals surface area contributed by atoms with Crippen LogP contribution in [0.4, 0.5) is 11.5 Å². The number of nitrogens with zero attached hydrogens (tertiary/aromatic N) is 5. The summed E-state index contributed by atoms with van der Waals surface area (Å²) in [6.45, 7) is 9.33. The summed E-state index contributed by atoms with van der Waals surface area (Å²) in [6.07, 6.45) is 5.66. The van der Waals surface area contributed by atoms with Gasteiger partial charge in [-0.25, -0.2) is 0 Å². The topological polar surface area (TPSA) is 76.1 Å². The van der Waals surface area contributed by atoms with Gasteiger partial charge < -0.3 is 0 Å². The predicted molar refractivity (Wildman–Crippen MR) is 164 cm³/mol. The molecule has 0 spiro atoms. The number of aryl methyl sites for hydroxylation is 1. The third-order valence-corrected chi connectivity index (χ3v) is 15.0. The van der Waals surface area contributed by atoms with Gasteiger partial charge >= 0.3 is 185 Å². The molecule has 1 saturated heterocycles. The monoisotopic (exact) mass is 622 g/mol. The van der Waals surface area contributed by atoms with E-state index in [1.54, 1.807) is 12.5 Å². The normalized spacial score (nSPS) is 18.7. The molecule has 8 heteroatoms. The van der Waals surface area contributed by atoms with Gasteiger partial charge in [0.1, 0.15) is 0 Å². The molecule has 2 aromatic heterocycles. The van der Waals surface area contributed by atoms with E-state index < -0.39 is 19.8 Å². The van der Waals surface area contributed by atoms with Gasteiger partial charge in [-0.2, -0.15) is 10.2 Å². The molecule has 1 N–H and O–H groups in total. The Morgan fingerprint density at radius 3 is 2.95 bits per heavy atom. The van der Waals surface area contributed by atoms with Gasteiger partial charge in [-0.15, -0.1) is 0 Å². The Labute approximate surface area is 231 Å². The molecule has 7 nitrogen and oxygen atoms in total. The Morgan fingerprint density at radius 1 is 1.11 bits per heavy atom. The number of aromatic nitrogens is 4. The van der Waals surface area contributed by atoms with Crippen molar-refractivity contribution in [2.24, 2.45) is 0 Å². The molecular weight excluding hydrogens is 587 g/mol. The molecular formula is C30H35IN6O. The fourth-order valence-electron chi connectivity index (χ4n) is 5.47. The van der Waals surface area contributed by atoms with Crippen LogP contribution in [0.15, 0.2) is 55.0 Å². The Balaban J connectivity index is 1.21. The number of halogens is 1. The first-order valence-electron chi connectivity index (χ1n) is 13.5. The van der Waals surface area contributed by atoms with Crippen molar-refractivity contribution in [1.29, 1.82) is 0 Å². The Bertz CT molecular complexity index is 1420. The third-order valence-electron chi connectivity index (χ3n) is 7.61. The minimum absolute atomic E-state index is 0.845. The maximum atomic E-state index is 5.73. The van der Waals surface area contributed by atoms with Crippen molar-refractivity contribution in [2.45, 2.75) is 37.2 Å². The van der Waals surface area contributed by atoms with E-state index >= 15 is 0 Å². The van der Waals surface area contributed by atoms with Gasteiger partial charge in [-0.05, 0) is 25.1 Å². The van der Waals surface area contributed by atoms with Crippen molar-refractivity contribution in [3.8, 4) is 11.3 Å². The second kappa shape index (κ2) is 11.5. The van der Waals surface area contributed by atoms with Crippen LogP contribution in [0.5, 0.6) is 0 Å². The standard InChI is InChI=1S/C30H35IN6O/c1-21-16-24(28-4-3-11-35-36-28)18-27-29(21)33-20-34-30(27)37-13-7-23-5-6-26(17-25(23)19-37)32-12-9-31-10-15-38-14-8-22(31)2/h3-6,11,16-18,20,22,32H,7-10,12-15,19H2,1-2H3. The van der Waals surface area contributed by atoms with Crippen molar-refractivity contribution in [2.75, 3.05) is 45.4 Å².